The number of hydroxylamine groups is 2. The number of nitrogen functional groups attached to an aromatic ring is 1. The summed E-state index contributed by atoms with van der Waals surface area (Å²) in [7, 11) is 2.87. The van der Waals surface area contributed by atoms with Gasteiger partial charge in [0, 0.05) is 24.2 Å². The van der Waals surface area contributed by atoms with Crippen LogP contribution >= 0.6 is 11.8 Å². The Morgan fingerprint density at radius 1 is 1.46 bits per heavy atom. The van der Waals surface area contributed by atoms with Crippen LogP contribution in [0.1, 0.15) is 18.9 Å². The Bertz CT molecular complexity index is 759. The summed E-state index contributed by atoms with van der Waals surface area (Å²) in [6.45, 7) is 1.64. The maximum absolute atomic E-state index is 14.4. The fraction of sp³-hybridized carbons (Fsp3) is 0.467. The summed E-state index contributed by atoms with van der Waals surface area (Å²) in [5, 5.41) is 1.26. The Labute approximate surface area is 142 Å². The number of carbonyl (C=O) groups is 1. The van der Waals surface area contributed by atoms with Crippen molar-refractivity contribution < 1.29 is 18.4 Å². The molecule has 24 heavy (non-hydrogen) atoms. The first-order chi connectivity index (χ1) is 11.2. The van der Waals surface area contributed by atoms with Crippen LogP contribution in [0, 0.1) is 17.6 Å². The predicted octanol–water partition coefficient (Wildman–Crippen LogP) is 1.60. The van der Waals surface area contributed by atoms with Crippen molar-refractivity contribution in [1.29, 1.82) is 0 Å². The van der Waals surface area contributed by atoms with Gasteiger partial charge < -0.3 is 11.5 Å². The fourth-order valence-corrected chi connectivity index (χ4v) is 4.83. The first-order valence-electron chi connectivity index (χ1n) is 7.27. The molecule has 0 spiro atoms. The minimum atomic E-state index is -1.18. The second-order valence-electron chi connectivity index (χ2n) is 6.20. The Hall–Kier alpha value is -1.87. The lowest BCUT2D eigenvalue weighted by Gasteiger charge is -2.34. The molecule has 3 atom stereocenters. The molecule has 1 aliphatic carbocycles. The first-order valence-corrected chi connectivity index (χ1v) is 8.09. The number of amides is 1. The summed E-state index contributed by atoms with van der Waals surface area (Å²) in [5.74, 6) is -2.70. The highest BCUT2D eigenvalue weighted by Crippen LogP contribution is 2.66. The van der Waals surface area contributed by atoms with Crippen LogP contribution in [0.2, 0.25) is 0 Å². The molecule has 1 amide bonds. The molecule has 1 heterocycles. The number of nitrogens with two attached hydrogens (primary N) is 2. The molecule has 1 unspecified atom stereocenters. The van der Waals surface area contributed by atoms with E-state index in [-0.39, 0.29) is 28.2 Å². The van der Waals surface area contributed by atoms with Crippen LogP contribution < -0.4 is 11.5 Å². The molecule has 1 fully saturated rings. The summed E-state index contributed by atoms with van der Waals surface area (Å²) < 4.78 is 27.3. The van der Waals surface area contributed by atoms with Crippen molar-refractivity contribution in [3.63, 3.8) is 0 Å². The van der Waals surface area contributed by atoms with E-state index < -0.39 is 21.9 Å². The van der Waals surface area contributed by atoms with E-state index in [0.717, 1.165) is 22.9 Å². The number of aliphatic imine (C=N–C) groups is 1. The molecule has 4 N–H and O–H groups in total. The van der Waals surface area contributed by atoms with Gasteiger partial charge in [0.2, 0.25) is 0 Å². The van der Waals surface area contributed by atoms with Crippen molar-refractivity contribution in [3.8, 4) is 0 Å². The number of hydrogen-bond donors (Lipinski definition) is 2. The molecular formula is C15H18F2N4O2S. The van der Waals surface area contributed by atoms with Crippen molar-refractivity contribution in [2.45, 2.75) is 23.6 Å². The average Bonchev–Trinajstić information content (AvgIpc) is 3.25. The third-order valence-electron chi connectivity index (χ3n) is 4.74. The van der Waals surface area contributed by atoms with E-state index in [9.17, 15) is 13.6 Å². The molecule has 0 aromatic heterocycles. The normalized spacial score (nSPS) is 31.2. The van der Waals surface area contributed by atoms with Gasteiger partial charge in [-0.1, -0.05) is 11.8 Å². The van der Waals surface area contributed by atoms with Gasteiger partial charge in [0.15, 0.2) is 16.8 Å². The van der Waals surface area contributed by atoms with Crippen LogP contribution in [0.15, 0.2) is 17.1 Å². The van der Waals surface area contributed by atoms with Crippen molar-refractivity contribution in [3.05, 3.63) is 29.3 Å². The second kappa shape index (κ2) is 5.32. The predicted molar refractivity (Wildman–Crippen MR) is 88.0 cm³/mol. The Balaban J connectivity index is 2.10. The number of nitrogens with zero attached hydrogens (tertiary/aromatic N) is 2. The van der Waals surface area contributed by atoms with E-state index in [1.165, 1.54) is 20.2 Å². The number of hydrogen-bond acceptors (Lipinski definition) is 6. The zero-order valence-electron chi connectivity index (χ0n) is 13.5. The topological polar surface area (TPSA) is 93.9 Å². The Kier molecular flexibility index (Phi) is 3.76. The summed E-state index contributed by atoms with van der Waals surface area (Å²) in [5.41, 5.74) is 10.5. The van der Waals surface area contributed by atoms with Crippen LogP contribution in [0.3, 0.4) is 0 Å². The summed E-state index contributed by atoms with van der Waals surface area (Å²) in [6.07, 6.45) is 0.431. The van der Waals surface area contributed by atoms with E-state index in [2.05, 4.69) is 4.99 Å². The summed E-state index contributed by atoms with van der Waals surface area (Å²) >= 11 is 1.13. The van der Waals surface area contributed by atoms with Gasteiger partial charge >= 0.3 is 0 Å². The van der Waals surface area contributed by atoms with Gasteiger partial charge in [-0.15, -0.1) is 0 Å². The standard InChI is InChI=1S/C15H18F2N4O2S/c1-14(8-4-7(18)5-9(16)11(8)17)10-6-15(10,24-13(19)20-14)12(22)21(2)23-3/h4-5,10H,6,18H2,1-3H3,(H2,19,20)/t10?,14-,15+/m1/s1. The van der Waals surface area contributed by atoms with Crippen LogP contribution in [-0.4, -0.2) is 35.0 Å². The van der Waals surface area contributed by atoms with Crippen LogP contribution in [0.25, 0.3) is 0 Å². The molecule has 1 aromatic carbocycles. The second-order valence-corrected chi connectivity index (χ2v) is 7.55. The van der Waals surface area contributed by atoms with Gasteiger partial charge in [0.25, 0.3) is 5.91 Å². The minimum absolute atomic E-state index is 0.00277. The molecule has 0 radical (unpaired) electrons. The first kappa shape index (κ1) is 17.0. The van der Waals surface area contributed by atoms with E-state index >= 15 is 0 Å². The van der Waals surface area contributed by atoms with Gasteiger partial charge in [0.05, 0.1) is 12.6 Å². The highest BCUT2D eigenvalue weighted by atomic mass is 32.2. The molecule has 0 bridgehead atoms. The zero-order valence-corrected chi connectivity index (χ0v) is 14.3. The van der Waals surface area contributed by atoms with Gasteiger partial charge in [0.1, 0.15) is 4.75 Å². The smallest absolute Gasteiger partial charge is 0.262 e. The molecule has 130 valence electrons. The monoisotopic (exact) mass is 356 g/mol. The number of rotatable bonds is 3. The summed E-state index contributed by atoms with van der Waals surface area (Å²) in [6, 6.07) is 2.26. The number of anilines is 1. The number of fused-ring (bicyclic) bond motifs is 1. The van der Waals surface area contributed by atoms with Gasteiger partial charge in [-0.05, 0) is 25.5 Å². The largest absolute Gasteiger partial charge is 0.399 e. The summed E-state index contributed by atoms with van der Waals surface area (Å²) in [4.78, 5) is 22.0. The van der Waals surface area contributed by atoms with Crippen molar-refractivity contribution in [1.82, 2.24) is 5.06 Å². The van der Waals surface area contributed by atoms with E-state index in [0.29, 0.717) is 6.42 Å². The molecule has 6 nitrogen and oxygen atoms in total. The molecule has 1 saturated carbocycles. The Morgan fingerprint density at radius 2 is 2.12 bits per heavy atom. The lowest BCUT2D eigenvalue weighted by molar-refractivity contribution is -0.169. The molecule has 3 rings (SSSR count). The molecule has 9 heteroatoms. The molecule has 1 aromatic rings. The van der Waals surface area contributed by atoms with Crippen molar-refractivity contribution >= 4 is 28.5 Å². The van der Waals surface area contributed by atoms with E-state index in [4.69, 9.17) is 16.3 Å². The Morgan fingerprint density at radius 3 is 2.75 bits per heavy atom. The van der Waals surface area contributed by atoms with Crippen molar-refractivity contribution in [2.75, 3.05) is 19.9 Å². The van der Waals surface area contributed by atoms with Gasteiger partial charge in [-0.25, -0.2) is 13.8 Å². The van der Waals surface area contributed by atoms with E-state index in [1.807, 2.05) is 0 Å². The third kappa shape index (κ3) is 2.26. The van der Waals surface area contributed by atoms with Crippen LogP contribution in [-0.2, 0) is 15.2 Å². The van der Waals surface area contributed by atoms with Gasteiger partial charge in [-0.3, -0.25) is 14.6 Å². The average molecular weight is 356 g/mol. The highest BCUT2D eigenvalue weighted by Gasteiger charge is 2.71. The lowest BCUT2D eigenvalue weighted by Crippen LogP contribution is -2.44. The molecule has 2 aliphatic rings. The number of halogens is 2. The molecule has 1 aliphatic heterocycles. The van der Waals surface area contributed by atoms with E-state index in [1.54, 1.807) is 6.92 Å². The molecular weight excluding hydrogens is 338 g/mol. The van der Waals surface area contributed by atoms with Crippen LogP contribution in [0.5, 0.6) is 0 Å². The SMILES string of the molecule is CON(C)C(=O)[C@]12CC1[C@@](C)(c1cc(N)cc(F)c1F)N=C(N)S2. The minimum Gasteiger partial charge on any atom is -0.399 e. The highest BCUT2D eigenvalue weighted by molar-refractivity contribution is 8.15. The maximum Gasteiger partial charge on any atom is 0.262 e. The molecule has 0 saturated heterocycles. The third-order valence-corrected chi connectivity index (χ3v) is 6.03. The zero-order chi connectivity index (χ0) is 17.9. The van der Waals surface area contributed by atoms with Crippen LogP contribution in [0.4, 0.5) is 14.5 Å². The fourth-order valence-electron chi connectivity index (χ4n) is 3.38. The van der Waals surface area contributed by atoms with Crippen molar-refractivity contribution in [2.24, 2.45) is 16.6 Å². The lowest BCUT2D eigenvalue weighted by atomic mass is 9.85. The quantitative estimate of drug-likeness (QED) is 0.634. The van der Waals surface area contributed by atoms with Gasteiger partial charge in [-0.2, -0.15) is 0 Å². The number of thioether (sulfide) groups is 1. The number of amidine groups is 1. The number of benzene rings is 1. The number of carbonyl (C=O) groups excluding carboxylic acids is 1. The maximum atomic E-state index is 14.4.